The number of carbonyl (C=O) groups is 2. The zero-order chi connectivity index (χ0) is 23.8. The highest BCUT2D eigenvalue weighted by Gasteiger charge is 2.38. The number of amides is 2. The third kappa shape index (κ3) is 7.19. The van der Waals surface area contributed by atoms with Crippen molar-refractivity contribution in [1.82, 2.24) is 15.5 Å². The van der Waals surface area contributed by atoms with Crippen molar-refractivity contribution in [2.45, 2.75) is 44.1 Å². The number of hydrogen-bond acceptors (Lipinski definition) is 5. The maximum Gasteiger partial charge on any atom is 0.416 e. The fourth-order valence-corrected chi connectivity index (χ4v) is 4.04. The summed E-state index contributed by atoms with van der Waals surface area (Å²) in [5.74, 6) is 4.44. The fourth-order valence-electron chi connectivity index (χ4n) is 4.04. The predicted molar refractivity (Wildman–Crippen MR) is 114 cm³/mol. The number of likely N-dealkylation sites (tertiary alicyclic amines) is 1. The molecule has 2 heterocycles. The van der Waals surface area contributed by atoms with Crippen LogP contribution in [0.3, 0.4) is 0 Å². The van der Waals surface area contributed by atoms with Crippen molar-refractivity contribution in [2.24, 2.45) is 0 Å². The predicted octanol–water partition coefficient (Wildman–Crippen LogP) is 1.82. The first-order valence-electron chi connectivity index (χ1n) is 10.9. The van der Waals surface area contributed by atoms with E-state index in [-0.39, 0.29) is 30.9 Å². The molecule has 2 N–H and O–H groups in total. The van der Waals surface area contributed by atoms with Gasteiger partial charge < -0.3 is 20.1 Å². The molecule has 2 aliphatic rings. The molecule has 0 aromatic heterocycles. The van der Waals surface area contributed by atoms with Gasteiger partial charge in [0, 0.05) is 37.9 Å². The lowest BCUT2D eigenvalue weighted by molar-refractivity contribution is -0.137. The van der Waals surface area contributed by atoms with Gasteiger partial charge in [-0.05, 0) is 38.0 Å². The minimum absolute atomic E-state index is 0.163. The van der Waals surface area contributed by atoms with E-state index in [4.69, 9.17) is 9.47 Å². The SMILES string of the molecule is CC#CCO[C@@H]1CN(C2CCOCC2)C[C@H]1NC(=O)CNC(=O)c1cccc(C(F)(F)F)c1. The number of halogens is 3. The lowest BCUT2D eigenvalue weighted by Crippen LogP contribution is -2.48. The summed E-state index contributed by atoms with van der Waals surface area (Å²) in [6.45, 7) is 4.27. The summed E-state index contributed by atoms with van der Waals surface area (Å²) in [6, 6.07) is 4.13. The summed E-state index contributed by atoms with van der Waals surface area (Å²) in [6.07, 6.45) is -2.98. The summed E-state index contributed by atoms with van der Waals surface area (Å²) in [5, 5.41) is 5.27. The van der Waals surface area contributed by atoms with Gasteiger partial charge in [-0.2, -0.15) is 13.2 Å². The number of benzene rings is 1. The second kappa shape index (κ2) is 11.5. The quantitative estimate of drug-likeness (QED) is 0.599. The van der Waals surface area contributed by atoms with Gasteiger partial charge in [0.05, 0.1) is 24.3 Å². The van der Waals surface area contributed by atoms with E-state index in [0.29, 0.717) is 32.3 Å². The molecule has 2 amide bonds. The monoisotopic (exact) mass is 467 g/mol. The van der Waals surface area contributed by atoms with Gasteiger partial charge in [0.25, 0.3) is 5.91 Å². The van der Waals surface area contributed by atoms with Crippen LogP contribution in [0.5, 0.6) is 0 Å². The van der Waals surface area contributed by atoms with Crippen LogP contribution < -0.4 is 10.6 Å². The molecule has 7 nitrogen and oxygen atoms in total. The van der Waals surface area contributed by atoms with E-state index in [9.17, 15) is 22.8 Å². The number of carbonyl (C=O) groups excluding carboxylic acids is 2. The molecule has 2 fully saturated rings. The summed E-state index contributed by atoms with van der Waals surface area (Å²) in [5.41, 5.74) is -1.09. The maximum absolute atomic E-state index is 12.9. The standard InChI is InChI=1S/C23H28F3N3O4/c1-2-3-9-33-20-15-29(18-7-10-32-11-8-18)14-19(20)28-21(30)13-27-22(31)16-5-4-6-17(12-16)23(24,25)26/h4-6,12,18-20H,7-11,13-15H2,1H3,(H,27,31)(H,28,30)/t19-,20-/m1/s1. The number of rotatable bonds is 7. The van der Waals surface area contributed by atoms with Crippen molar-refractivity contribution >= 4 is 11.8 Å². The Kier molecular flexibility index (Phi) is 8.72. The number of nitrogens with zero attached hydrogens (tertiary/aromatic N) is 1. The summed E-state index contributed by atoms with van der Waals surface area (Å²) in [4.78, 5) is 27.0. The van der Waals surface area contributed by atoms with E-state index in [1.54, 1.807) is 6.92 Å². The Hall–Kier alpha value is -2.61. The summed E-state index contributed by atoms with van der Waals surface area (Å²) >= 11 is 0. The zero-order valence-electron chi connectivity index (χ0n) is 18.4. The number of ether oxygens (including phenoxy) is 2. The van der Waals surface area contributed by atoms with E-state index >= 15 is 0 Å². The van der Waals surface area contributed by atoms with Crippen molar-refractivity contribution in [3.05, 3.63) is 35.4 Å². The summed E-state index contributed by atoms with van der Waals surface area (Å²) < 4.78 is 49.9. The Balaban J connectivity index is 1.55. The van der Waals surface area contributed by atoms with Crippen LogP contribution in [0.1, 0.15) is 35.7 Å². The Labute approximate surface area is 191 Å². The van der Waals surface area contributed by atoms with Gasteiger partial charge in [0.1, 0.15) is 6.61 Å². The lowest BCUT2D eigenvalue weighted by Gasteiger charge is -2.30. The fraction of sp³-hybridized carbons (Fsp3) is 0.565. The van der Waals surface area contributed by atoms with Crippen molar-refractivity contribution in [3.63, 3.8) is 0 Å². The topological polar surface area (TPSA) is 79.9 Å². The second-order valence-corrected chi connectivity index (χ2v) is 8.01. The highest BCUT2D eigenvalue weighted by atomic mass is 19.4. The lowest BCUT2D eigenvalue weighted by atomic mass is 10.1. The van der Waals surface area contributed by atoms with E-state index in [1.807, 2.05) is 0 Å². The maximum atomic E-state index is 12.9. The molecule has 3 rings (SSSR count). The van der Waals surface area contributed by atoms with E-state index in [1.165, 1.54) is 6.07 Å². The largest absolute Gasteiger partial charge is 0.416 e. The Morgan fingerprint density at radius 3 is 2.70 bits per heavy atom. The molecule has 2 atom stereocenters. The van der Waals surface area contributed by atoms with Gasteiger partial charge in [-0.3, -0.25) is 14.5 Å². The van der Waals surface area contributed by atoms with Crippen LogP contribution in [0.2, 0.25) is 0 Å². The van der Waals surface area contributed by atoms with Gasteiger partial charge in [0.2, 0.25) is 5.91 Å². The molecule has 1 aromatic rings. The van der Waals surface area contributed by atoms with Gasteiger partial charge in [-0.1, -0.05) is 12.0 Å². The second-order valence-electron chi connectivity index (χ2n) is 8.01. The van der Waals surface area contributed by atoms with Crippen LogP contribution in [0.25, 0.3) is 0 Å². The van der Waals surface area contributed by atoms with E-state index in [0.717, 1.165) is 31.0 Å². The molecule has 180 valence electrons. The molecule has 0 aliphatic carbocycles. The average Bonchev–Trinajstić information content (AvgIpc) is 3.20. The Morgan fingerprint density at radius 2 is 2.00 bits per heavy atom. The molecule has 0 unspecified atom stereocenters. The van der Waals surface area contributed by atoms with E-state index in [2.05, 4.69) is 27.4 Å². The average molecular weight is 467 g/mol. The number of alkyl halides is 3. The van der Waals surface area contributed by atoms with Gasteiger partial charge in [-0.15, -0.1) is 5.92 Å². The first-order valence-corrected chi connectivity index (χ1v) is 10.9. The highest BCUT2D eigenvalue weighted by molar-refractivity contribution is 5.96. The molecule has 0 saturated carbocycles. The van der Waals surface area contributed by atoms with Gasteiger partial charge in [-0.25, -0.2) is 0 Å². The first-order chi connectivity index (χ1) is 15.8. The molecule has 10 heteroatoms. The van der Waals surface area contributed by atoms with Crippen molar-refractivity contribution in [3.8, 4) is 11.8 Å². The van der Waals surface area contributed by atoms with Crippen LogP contribution in [-0.4, -0.2) is 74.4 Å². The van der Waals surface area contributed by atoms with Crippen LogP contribution in [0, 0.1) is 11.8 Å². The van der Waals surface area contributed by atoms with Crippen molar-refractivity contribution < 1.29 is 32.2 Å². The van der Waals surface area contributed by atoms with Crippen molar-refractivity contribution in [1.29, 1.82) is 0 Å². The van der Waals surface area contributed by atoms with Crippen LogP contribution in [0.4, 0.5) is 13.2 Å². The Bertz CT molecular complexity index is 891. The molecule has 2 saturated heterocycles. The van der Waals surface area contributed by atoms with Gasteiger partial charge in [0.15, 0.2) is 0 Å². The summed E-state index contributed by atoms with van der Waals surface area (Å²) in [7, 11) is 0. The normalized spacial score (nSPS) is 21.8. The number of nitrogens with one attached hydrogen (secondary N) is 2. The van der Waals surface area contributed by atoms with Crippen LogP contribution in [0.15, 0.2) is 24.3 Å². The van der Waals surface area contributed by atoms with Gasteiger partial charge >= 0.3 is 6.18 Å². The zero-order valence-corrected chi connectivity index (χ0v) is 18.4. The van der Waals surface area contributed by atoms with Crippen LogP contribution in [-0.2, 0) is 20.4 Å². The highest BCUT2D eigenvalue weighted by Crippen LogP contribution is 2.29. The first kappa shape index (κ1) is 25.0. The minimum Gasteiger partial charge on any atom is -0.381 e. The third-order valence-electron chi connectivity index (χ3n) is 5.76. The minimum atomic E-state index is -4.55. The van der Waals surface area contributed by atoms with Crippen molar-refractivity contribution in [2.75, 3.05) is 39.5 Å². The number of hydrogen-bond donors (Lipinski definition) is 2. The Morgan fingerprint density at radius 1 is 1.24 bits per heavy atom. The van der Waals surface area contributed by atoms with E-state index < -0.39 is 23.6 Å². The molecular weight excluding hydrogens is 439 g/mol. The molecule has 0 bridgehead atoms. The molecule has 0 radical (unpaired) electrons. The smallest absolute Gasteiger partial charge is 0.381 e. The molecule has 0 spiro atoms. The molecule has 2 aliphatic heterocycles. The molecular formula is C23H28F3N3O4. The molecule has 33 heavy (non-hydrogen) atoms. The van der Waals surface area contributed by atoms with Crippen LogP contribution >= 0.6 is 0 Å². The molecule has 1 aromatic carbocycles. The third-order valence-corrected chi connectivity index (χ3v) is 5.76.